The van der Waals surface area contributed by atoms with E-state index in [1.807, 2.05) is 0 Å². The minimum Gasteiger partial charge on any atom is -0.455 e. The molecule has 6 aliphatic rings. The third kappa shape index (κ3) is 8.17. The van der Waals surface area contributed by atoms with Gasteiger partial charge in [-0.2, -0.15) is 0 Å². The van der Waals surface area contributed by atoms with Gasteiger partial charge in [0, 0.05) is 56.4 Å². The highest BCUT2D eigenvalue weighted by Gasteiger charge is 2.37. The number of pyridine rings is 1. The average molecular weight is 934 g/mol. The summed E-state index contributed by atoms with van der Waals surface area (Å²) in [6.07, 6.45) is 40.6. The van der Waals surface area contributed by atoms with Gasteiger partial charge in [0.05, 0.1) is 22.9 Å². The van der Waals surface area contributed by atoms with Crippen LogP contribution in [-0.4, -0.2) is 27.7 Å². The van der Waals surface area contributed by atoms with Crippen LogP contribution in [-0.2, 0) is 12.0 Å². The fourth-order valence-electron chi connectivity index (χ4n) is 13.3. The van der Waals surface area contributed by atoms with Gasteiger partial charge in [0.2, 0.25) is 0 Å². The number of benzene rings is 4. The van der Waals surface area contributed by atoms with Crippen LogP contribution in [0.3, 0.4) is 0 Å². The van der Waals surface area contributed by atoms with Crippen molar-refractivity contribution in [2.45, 2.75) is 128 Å². The van der Waals surface area contributed by atoms with E-state index in [1.54, 1.807) is 0 Å². The van der Waals surface area contributed by atoms with E-state index in [1.165, 1.54) is 102 Å². The minimum absolute atomic E-state index is 0.0511. The van der Waals surface area contributed by atoms with Crippen molar-refractivity contribution in [2.24, 2.45) is 22.7 Å². The predicted molar refractivity (Wildman–Crippen MR) is 296 cm³/mol. The first-order valence-corrected chi connectivity index (χ1v) is 27.2. The molecule has 6 nitrogen and oxygen atoms in total. The van der Waals surface area contributed by atoms with Crippen molar-refractivity contribution in [3.05, 3.63) is 162 Å². The molecule has 5 aliphatic carbocycles. The van der Waals surface area contributed by atoms with Gasteiger partial charge in [-0.25, -0.2) is 4.99 Å². The van der Waals surface area contributed by atoms with Crippen LogP contribution in [0.2, 0.25) is 0 Å². The molecule has 4 heterocycles. The molecule has 71 heavy (non-hydrogen) atoms. The highest BCUT2D eigenvalue weighted by atomic mass is 16.3. The minimum atomic E-state index is -0.173. The number of amidine groups is 1. The number of fused-ring (bicyclic) bond motifs is 6. The monoisotopic (exact) mass is 934 g/mol. The first-order chi connectivity index (χ1) is 35.0. The zero-order valence-electron chi connectivity index (χ0n) is 41.6. The SMILES string of the molecule is CC1CCC(C2NC(c3cc(-c4ccc(C5=CC=CCC5)c(-c5ccccc5)c4)cnc3-c3cccc4c3oc3cc5c(cc34)c3c(n5C4(C)C=CCC=CC4)CCC=C3)=NC(C3CCCCC3)N2)CC1. The third-order valence-electron chi connectivity index (χ3n) is 17.3. The highest BCUT2D eigenvalue weighted by molar-refractivity contribution is 6.15. The van der Waals surface area contributed by atoms with E-state index < -0.39 is 0 Å². The summed E-state index contributed by atoms with van der Waals surface area (Å²) in [6, 6.07) is 31.8. The summed E-state index contributed by atoms with van der Waals surface area (Å²) in [5, 5.41) is 11.8. The molecule has 6 heteroatoms. The Morgan fingerprint density at radius 2 is 1.55 bits per heavy atom. The smallest absolute Gasteiger partial charge is 0.144 e. The number of hydrogen-bond donors (Lipinski definition) is 2. The summed E-state index contributed by atoms with van der Waals surface area (Å²) in [7, 11) is 0. The van der Waals surface area contributed by atoms with E-state index in [0.29, 0.717) is 11.8 Å². The number of aromatic nitrogens is 2. The molecule has 2 N–H and O–H groups in total. The molecule has 3 aromatic heterocycles. The number of hydrogen-bond acceptors (Lipinski definition) is 5. The van der Waals surface area contributed by atoms with Gasteiger partial charge in [0.25, 0.3) is 0 Å². The first-order valence-electron chi connectivity index (χ1n) is 27.2. The molecule has 0 bridgehead atoms. The lowest BCUT2D eigenvalue weighted by Crippen LogP contribution is -2.59. The number of nitrogens with one attached hydrogen (secondary N) is 2. The molecule has 4 aromatic carbocycles. The van der Waals surface area contributed by atoms with Gasteiger partial charge in [-0.05, 0) is 141 Å². The second kappa shape index (κ2) is 18.6. The molecule has 0 radical (unpaired) electrons. The van der Waals surface area contributed by atoms with Gasteiger partial charge in [-0.1, -0.05) is 148 Å². The topological polar surface area (TPSA) is 67.4 Å². The molecule has 2 fully saturated rings. The van der Waals surface area contributed by atoms with Gasteiger partial charge >= 0.3 is 0 Å². The van der Waals surface area contributed by atoms with Crippen molar-refractivity contribution < 1.29 is 4.42 Å². The summed E-state index contributed by atoms with van der Waals surface area (Å²) < 4.78 is 9.86. The van der Waals surface area contributed by atoms with Crippen LogP contribution in [0.15, 0.2) is 149 Å². The Labute approximate surface area is 419 Å². The van der Waals surface area contributed by atoms with E-state index >= 15 is 0 Å². The average Bonchev–Trinajstić information content (AvgIpc) is 3.87. The Balaban J connectivity index is 0.997. The second-order valence-electron chi connectivity index (χ2n) is 22.0. The Morgan fingerprint density at radius 3 is 2.41 bits per heavy atom. The molecule has 3 atom stereocenters. The van der Waals surface area contributed by atoms with Crippen molar-refractivity contribution in [2.75, 3.05) is 0 Å². The molecule has 3 unspecified atom stereocenters. The van der Waals surface area contributed by atoms with Gasteiger partial charge in [-0.15, -0.1) is 0 Å². The van der Waals surface area contributed by atoms with Crippen molar-refractivity contribution in [3.63, 3.8) is 0 Å². The van der Waals surface area contributed by atoms with Crippen LogP contribution < -0.4 is 10.6 Å². The standard InChI is InChI=1S/C65H67N5O/c1-42-29-31-46(32-30-42)63-67-62(45-23-12-7-13-24-45)68-64(69-63)56-38-48(47-33-34-49(43-19-8-5-9-20-43)53(37-47)44-21-10-6-11-22-44)41-66-60(56)52-27-18-26-51-55-39-54-50-25-14-15-28-57(50)70(58(54)40-59(55)71-61(51)52)65(2)35-16-3-4-17-36-65/h3,5-6,8,10-11,14,16-19,21-22,25-27,33-34,36-42,45-46,62-63,67H,4,7,9,12-13,15,20,23-24,28-32,35H2,1-2H3,(H,68,69). The van der Waals surface area contributed by atoms with Gasteiger partial charge in [-0.3, -0.25) is 10.3 Å². The molecule has 358 valence electrons. The Kier molecular flexibility index (Phi) is 11.6. The number of allylic oxidation sites excluding steroid dienone is 9. The number of rotatable bonds is 8. The third-order valence-corrected chi connectivity index (χ3v) is 17.3. The molecule has 7 aromatic rings. The van der Waals surface area contributed by atoms with E-state index in [4.69, 9.17) is 14.4 Å². The van der Waals surface area contributed by atoms with Crippen molar-refractivity contribution in [3.8, 4) is 33.5 Å². The Morgan fingerprint density at radius 1 is 0.690 bits per heavy atom. The first kappa shape index (κ1) is 44.4. The molecule has 0 spiro atoms. The van der Waals surface area contributed by atoms with E-state index in [0.717, 1.165) is 100 Å². The predicted octanol–water partition coefficient (Wildman–Crippen LogP) is 16.2. The molecular formula is C65H67N5O. The van der Waals surface area contributed by atoms with Crippen LogP contribution in [0.25, 0.3) is 78.0 Å². The Hall–Kier alpha value is -6.50. The molecule has 0 amide bonds. The Bertz CT molecular complexity index is 3360. The molecule has 0 saturated heterocycles. The largest absolute Gasteiger partial charge is 0.455 e. The normalized spacial score (nSPS) is 24.8. The van der Waals surface area contributed by atoms with Crippen molar-refractivity contribution in [1.29, 1.82) is 0 Å². The van der Waals surface area contributed by atoms with Crippen LogP contribution in [0.5, 0.6) is 0 Å². The van der Waals surface area contributed by atoms with E-state index in [-0.39, 0.29) is 17.9 Å². The van der Waals surface area contributed by atoms with Crippen molar-refractivity contribution in [1.82, 2.24) is 20.2 Å². The maximum atomic E-state index is 7.23. The lowest BCUT2D eigenvalue weighted by atomic mass is 9.80. The van der Waals surface area contributed by atoms with E-state index in [2.05, 4.69) is 175 Å². The zero-order chi connectivity index (χ0) is 47.5. The fourth-order valence-corrected chi connectivity index (χ4v) is 13.3. The van der Waals surface area contributed by atoms with Crippen LogP contribution in [0.1, 0.15) is 126 Å². The summed E-state index contributed by atoms with van der Waals surface area (Å²) in [4.78, 5) is 11.3. The van der Waals surface area contributed by atoms with Crippen molar-refractivity contribution >= 4 is 50.3 Å². The molecule has 2 saturated carbocycles. The number of nitrogens with zero attached hydrogens (tertiary/aromatic N) is 3. The van der Waals surface area contributed by atoms with Crippen LogP contribution in [0.4, 0.5) is 0 Å². The lowest BCUT2D eigenvalue weighted by molar-refractivity contribution is 0.171. The molecular weight excluding hydrogens is 867 g/mol. The number of furan rings is 1. The van der Waals surface area contributed by atoms with E-state index in [9.17, 15) is 0 Å². The van der Waals surface area contributed by atoms with Crippen LogP contribution >= 0.6 is 0 Å². The molecule has 1 aliphatic heterocycles. The van der Waals surface area contributed by atoms with Gasteiger partial charge in [0.15, 0.2) is 0 Å². The van der Waals surface area contributed by atoms with Crippen LogP contribution in [0, 0.1) is 17.8 Å². The van der Waals surface area contributed by atoms with Gasteiger partial charge < -0.3 is 14.3 Å². The van der Waals surface area contributed by atoms with Gasteiger partial charge in [0.1, 0.15) is 23.2 Å². The number of para-hydroxylation sites is 1. The maximum Gasteiger partial charge on any atom is 0.144 e. The summed E-state index contributed by atoms with van der Waals surface area (Å²) in [5.74, 6) is 2.78. The summed E-state index contributed by atoms with van der Waals surface area (Å²) in [5.41, 5.74) is 15.9. The second-order valence-corrected chi connectivity index (χ2v) is 22.0. The lowest BCUT2D eigenvalue weighted by Gasteiger charge is -2.41. The highest BCUT2D eigenvalue weighted by Crippen LogP contribution is 2.45. The molecule has 13 rings (SSSR count). The fraction of sp³-hybridized carbons (Fsp3) is 0.354. The summed E-state index contributed by atoms with van der Waals surface area (Å²) in [6.45, 7) is 4.82. The maximum absolute atomic E-state index is 7.23. The zero-order valence-corrected chi connectivity index (χ0v) is 41.6. The quantitative estimate of drug-likeness (QED) is 0.149. The summed E-state index contributed by atoms with van der Waals surface area (Å²) >= 11 is 0. The number of aliphatic imine (C=N–C) groups is 1.